The third-order valence-electron chi connectivity index (χ3n) is 2.56. The molecule has 0 spiro atoms. The molecule has 0 saturated carbocycles. The van der Waals surface area contributed by atoms with Crippen molar-refractivity contribution in [1.29, 1.82) is 0 Å². The number of carboxylic acids is 1. The van der Waals surface area contributed by atoms with Gasteiger partial charge in [0.25, 0.3) is 0 Å². The van der Waals surface area contributed by atoms with Crippen LogP contribution in [0.5, 0.6) is 0 Å². The number of hydrogen-bond donors (Lipinski definition) is 1. The second-order valence-electron chi connectivity index (χ2n) is 3.67. The highest BCUT2D eigenvalue weighted by atomic mass is 127. The van der Waals surface area contributed by atoms with Gasteiger partial charge in [0.05, 0.1) is 2.88 Å². The molecule has 1 N–H and O–H groups in total. The molecule has 90 valence electrons. The zero-order valence-electron chi connectivity index (χ0n) is 9.00. The van der Waals surface area contributed by atoms with Gasteiger partial charge in [-0.15, -0.1) is 0 Å². The second-order valence-corrected chi connectivity index (χ2v) is 6.48. The van der Waals surface area contributed by atoms with Crippen LogP contribution in [-0.4, -0.2) is 11.1 Å². The lowest BCUT2D eigenvalue weighted by atomic mass is 9.93. The first-order valence-corrected chi connectivity index (χ1v) is 7.10. The minimum atomic E-state index is -0.763. The van der Waals surface area contributed by atoms with Gasteiger partial charge in [-0.2, -0.15) is 4.39 Å². The number of aliphatic carboxylic acids is 1. The molecule has 0 fully saturated rings. The largest absolute Gasteiger partial charge is 0.481 e. The maximum Gasteiger partial charge on any atom is 0.303 e. The predicted molar refractivity (Wildman–Crippen MR) is 71.5 cm³/mol. The maximum atomic E-state index is 13.1. The molecule has 0 bridgehead atoms. The summed E-state index contributed by atoms with van der Waals surface area (Å²) in [7, 11) is 0. The van der Waals surface area contributed by atoms with E-state index in [9.17, 15) is 9.18 Å². The van der Waals surface area contributed by atoms with Crippen molar-refractivity contribution >= 4 is 39.9 Å². The summed E-state index contributed by atoms with van der Waals surface area (Å²) in [5.41, 5.74) is 1.04. The molecule has 0 aliphatic rings. The average molecular weight is 356 g/mol. The normalized spacial score (nSPS) is 12.7. The molecule has 0 aromatic carbocycles. The number of carboxylic acid groups (broad SMARTS) is 1. The molecule has 1 aromatic heterocycles. The zero-order valence-corrected chi connectivity index (χ0v) is 12.0. The van der Waals surface area contributed by atoms with Gasteiger partial charge in [-0.25, -0.2) is 0 Å². The van der Waals surface area contributed by atoms with Crippen molar-refractivity contribution in [3.63, 3.8) is 0 Å². The summed E-state index contributed by atoms with van der Waals surface area (Å²) in [6.07, 6.45) is 2.59. The van der Waals surface area contributed by atoms with Crippen molar-refractivity contribution in [2.24, 2.45) is 0 Å². The van der Waals surface area contributed by atoms with Crippen LogP contribution in [0.4, 0.5) is 4.39 Å². The van der Waals surface area contributed by atoms with E-state index in [0.29, 0.717) is 6.42 Å². The molecular formula is C11H14FIO2S. The molecule has 1 rings (SSSR count). The molecule has 5 heteroatoms. The SMILES string of the molecule is CCC(CCCC(=O)O)c1cc(F)sc1I. The minimum Gasteiger partial charge on any atom is -0.481 e. The first-order valence-electron chi connectivity index (χ1n) is 5.21. The van der Waals surface area contributed by atoms with Crippen LogP contribution in [-0.2, 0) is 4.79 Å². The van der Waals surface area contributed by atoms with E-state index in [1.165, 1.54) is 0 Å². The Morgan fingerprint density at radius 3 is 2.81 bits per heavy atom. The lowest BCUT2D eigenvalue weighted by Gasteiger charge is -2.13. The van der Waals surface area contributed by atoms with E-state index in [1.807, 2.05) is 0 Å². The third-order valence-corrected chi connectivity index (χ3v) is 4.57. The summed E-state index contributed by atoms with van der Waals surface area (Å²) in [5, 5.41) is 8.41. The summed E-state index contributed by atoms with van der Waals surface area (Å²) in [4.78, 5) is 10.4. The van der Waals surface area contributed by atoms with Crippen molar-refractivity contribution in [1.82, 2.24) is 0 Å². The standard InChI is InChI=1S/C11H14FIO2S/c1-2-7(4-3-5-10(14)15)8-6-9(12)16-11(8)13/h6-7H,2-5H2,1H3,(H,14,15). The number of halogens is 2. The number of thiophene rings is 1. The van der Waals surface area contributed by atoms with Gasteiger partial charge in [-0.05, 0) is 59.4 Å². The van der Waals surface area contributed by atoms with Crippen LogP contribution in [0.1, 0.15) is 44.1 Å². The molecule has 1 unspecified atom stereocenters. The van der Waals surface area contributed by atoms with Crippen LogP contribution in [0.25, 0.3) is 0 Å². The highest BCUT2D eigenvalue weighted by Crippen LogP contribution is 2.33. The van der Waals surface area contributed by atoms with Crippen LogP contribution in [0.15, 0.2) is 6.07 Å². The van der Waals surface area contributed by atoms with E-state index in [4.69, 9.17) is 5.11 Å². The molecule has 2 nitrogen and oxygen atoms in total. The fourth-order valence-corrected chi connectivity index (χ4v) is 3.64. The van der Waals surface area contributed by atoms with Crippen LogP contribution in [0, 0.1) is 8.01 Å². The lowest BCUT2D eigenvalue weighted by molar-refractivity contribution is -0.137. The Bertz CT molecular complexity index is 365. The van der Waals surface area contributed by atoms with Crippen LogP contribution in [0.2, 0.25) is 0 Å². The number of carbonyl (C=O) groups is 1. The first-order chi connectivity index (χ1) is 7.54. The smallest absolute Gasteiger partial charge is 0.303 e. The van der Waals surface area contributed by atoms with Gasteiger partial charge in [0.1, 0.15) is 0 Å². The Morgan fingerprint density at radius 1 is 1.69 bits per heavy atom. The molecule has 0 radical (unpaired) electrons. The number of hydrogen-bond acceptors (Lipinski definition) is 2. The van der Waals surface area contributed by atoms with Crippen molar-refractivity contribution in [2.45, 2.75) is 38.5 Å². The molecule has 1 heterocycles. The Hall–Kier alpha value is -0.170. The fraction of sp³-hybridized carbons (Fsp3) is 0.545. The molecule has 0 saturated heterocycles. The van der Waals surface area contributed by atoms with Crippen molar-refractivity contribution in [2.75, 3.05) is 0 Å². The van der Waals surface area contributed by atoms with Crippen molar-refractivity contribution < 1.29 is 14.3 Å². The summed E-state index contributed by atoms with van der Waals surface area (Å²) >= 11 is 3.30. The Balaban J connectivity index is 2.60. The van der Waals surface area contributed by atoms with Gasteiger partial charge in [0.2, 0.25) is 0 Å². The van der Waals surface area contributed by atoms with E-state index < -0.39 is 5.97 Å². The van der Waals surface area contributed by atoms with Gasteiger partial charge in [0, 0.05) is 6.42 Å². The maximum absolute atomic E-state index is 13.1. The zero-order chi connectivity index (χ0) is 12.1. The predicted octanol–water partition coefficient (Wildman–Crippen LogP) is 4.24. The molecular weight excluding hydrogens is 342 g/mol. The van der Waals surface area contributed by atoms with Gasteiger partial charge in [0.15, 0.2) is 5.13 Å². The van der Waals surface area contributed by atoms with Gasteiger partial charge >= 0.3 is 5.97 Å². The van der Waals surface area contributed by atoms with E-state index in [2.05, 4.69) is 29.5 Å². The molecule has 0 aliphatic heterocycles. The van der Waals surface area contributed by atoms with Crippen LogP contribution >= 0.6 is 33.9 Å². The Kier molecular flexibility index (Phi) is 5.68. The quantitative estimate of drug-likeness (QED) is 0.775. The minimum absolute atomic E-state index is 0.156. The molecule has 16 heavy (non-hydrogen) atoms. The average Bonchev–Trinajstić information content (AvgIpc) is 2.52. The van der Waals surface area contributed by atoms with Crippen molar-refractivity contribution in [3.05, 3.63) is 19.6 Å². The lowest BCUT2D eigenvalue weighted by Crippen LogP contribution is -2.00. The van der Waals surface area contributed by atoms with E-state index >= 15 is 0 Å². The molecule has 0 aliphatic carbocycles. The molecule has 1 aromatic rings. The third kappa shape index (κ3) is 4.01. The number of rotatable bonds is 6. The van der Waals surface area contributed by atoms with E-state index in [1.54, 1.807) is 6.07 Å². The van der Waals surface area contributed by atoms with E-state index in [-0.39, 0.29) is 17.5 Å². The monoisotopic (exact) mass is 356 g/mol. The summed E-state index contributed by atoms with van der Waals surface area (Å²) < 4.78 is 14.0. The highest BCUT2D eigenvalue weighted by molar-refractivity contribution is 14.1. The second kappa shape index (κ2) is 6.54. The van der Waals surface area contributed by atoms with Crippen LogP contribution < -0.4 is 0 Å². The van der Waals surface area contributed by atoms with E-state index in [0.717, 1.165) is 32.6 Å². The molecule has 0 amide bonds. The Morgan fingerprint density at radius 2 is 2.38 bits per heavy atom. The van der Waals surface area contributed by atoms with Crippen molar-refractivity contribution in [3.8, 4) is 0 Å². The summed E-state index contributed by atoms with van der Waals surface area (Å²) in [5.74, 6) is -0.479. The Labute approximate surface area is 112 Å². The summed E-state index contributed by atoms with van der Waals surface area (Å²) in [6.45, 7) is 2.05. The van der Waals surface area contributed by atoms with Gasteiger partial charge in [-0.3, -0.25) is 4.79 Å². The molecule has 1 atom stereocenters. The van der Waals surface area contributed by atoms with Crippen LogP contribution in [0.3, 0.4) is 0 Å². The fourth-order valence-electron chi connectivity index (χ4n) is 1.71. The first kappa shape index (κ1) is 13.9. The summed E-state index contributed by atoms with van der Waals surface area (Å²) in [6, 6.07) is 1.58. The highest BCUT2D eigenvalue weighted by Gasteiger charge is 2.16. The topological polar surface area (TPSA) is 37.3 Å². The van der Waals surface area contributed by atoms with Gasteiger partial charge < -0.3 is 5.11 Å². The van der Waals surface area contributed by atoms with Gasteiger partial charge in [-0.1, -0.05) is 18.3 Å².